The van der Waals surface area contributed by atoms with Crippen molar-refractivity contribution in [3.05, 3.63) is 70.3 Å². The standard InChI is InChI=1S/C22H18F3N3O4/c23-22(24,25)16-4-2-1-3-15(16)19(30)26-10-12-5-6-14-13(9-12)11-28(21(14)32)17-7-8-18(29)27-20(17)31/h1-6,9,17H,7-8,10-11H2,(H,26,30)(H,27,29,31). The maximum Gasteiger partial charge on any atom is 0.417 e. The summed E-state index contributed by atoms with van der Waals surface area (Å²) in [6.07, 6.45) is -4.26. The Morgan fingerprint density at radius 1 is 1.12 bits per heavy atom. The minimum atomic E-state index is -4.65. The lowest BCUT2D eigenvalue weighted by Crippen LogP contribution is -2.52. The molecule has 1 unspecified atom stereocenters. The normalized spacial score (nSPS) is 18.4. The van der Waals surface area contributed by atoms with Crippen LogP contribution >= 0.6 is 0 Å². The number of halogens is 3. The lowest BCUT2D eigenvalue weighted by atomic mass is 10.0. The molecule has 10 heteroatoms. The van der Waals surface area contributed by atoms with Crippen LogP contribution in [0.3, 0.4) is 0 Å². The van der Waals surface area contributed by atoms with Crippen molar-refractivity contribution in [2.45, 2.75) is 38.1 Å². The molecule has 0 aromatic heterocycles. The van der Waals surface area contributed by atoms with E-state index in [1.807, 2.05) is 0 Å². The summed E-state index contributed by atoms with van der Waals surface area (Å²) in [6, 6.07) is 8.62. The van der Waals surface area contributed by atoms with Crippen molar-refractivity contribution in [1.82, 2.24) is 15.5 Å². The summed E-state index contributed by atoms with van der Waals surface area (Å²) in [7, 11) is 0. The van der Waals surface area contributed by atoms with E-state index in [0.717, 1.165) is 12.1 Å². The molecule has 2 heterocycles. The highest BCUT2D eigenvalue weighted by Gasteiger charge is 2.39. The summed E-state index contributed by atoms with van der Waals surface area (Å²) in [5.74, 6) is -2.08. The van der Waals surface area contributed by atoms with Crippen LogP contribution in [0.4, 0.5) is 13.2 Å². The molecular formula is C22H18F3N3O4. The summed E-state index contributed by atoms with van der Waals surface area (Å²) < 4.78 is 39.4. The maximum absolute atomic E-state index is 13.1. The maximum atomic E-state index is 13.1. The van der Waals surface area contributed by atoms with Gasteiger partial charge in [0.15, 0.2) is 0 Å². The Morgan fingerprint density at radius 2 is 1.88 bits per heavy atom. The Bertz CT molecular complexity index is 1130. The molecule has 0 saturated carbocycles. The number of amides is 4. The van der Waals surface area contributed by atoms with E-state index in [9.17, 15) is 32.3 Å². The summed E-state index contributed by atoms with van der Waals surface area (Å²) in [6.45, 7) is 0.129. The summed E-state index contributed by atoms with van der Waals surface area (Å²) >= 11 is 0. The Hall–Kier alpha value is -3.69. The van der Waals surface area contributed by atoms with Gasteiger partial charge in [0.1, 0.15) is 6.04 Å². The molecule has 1 saturated heterocycles. The average Bonchev–Trinajstić information content (AvgIpc) is 3.07. The molecule has 2 aromatic carbocycles. The van der Waals surface area contributed by atoms with Crippen LogP contribution in [0.5, 0.6) is 0 Å². The number of fused-ring (bicyclic) bond motifs is 1. The SMILES string of the molecule is O=C1CCC(N2Cc3cc(CNC(=O)c4ccccc4C(F)(F)F)ccc3C2=O)C(=O)N1. The second kappa shape index (κ2) is 8.10. The van der Waals surface area contributed by atoms with E-state index in [1.165, 1.54) is 17.0 Å². The largest absolute Gasteiger partial charge is 0.417 e. The first kappa shape index (κ1) is 21.5. The zero-order chi connectivity index (χ0) is 23.0. The summed E-state index contributed by atoms with van der Waals surface area (Å²) in [5.41, 5.74) is 0.158. The van der Waals surface area contributed by atoms with Gasteiger partial charge in [-0.25, -0.2) is 0 Å². The molecule has 7 nitrogen and oxygen atoms in total. The van der Waals surface area contributed by atoms with Gasteiger partial charge in [0, 0.05) is 25.1 Å². The van der Waals surface area contributed by atoms with Crippen molar-refractivity contribution >= 4 is 23.6 Å². The van der Waals surface area contributed by atoms with Crippen LogP contribution in [0.15, 0.2) is 42.5 Å². The third-order valence-corrected chi connectivity index (χ3v) is 5.52. The molecule has 1 fully saturated rings. The molecule has 2 aromatic rings. The predicted octanol–water partition coefficient (Wildman–Crippen LogP) is 2.40. The average molecular weight is 445 g/mol. The molecule has 0 aliphatic carbocycles. The van der Waals surface area contributed by atoms with Crippen LogP contribution in [0.1, 0.15) is 50.2 Å². The number of nitrogens with zero attached hydrogens (tertiary/aromatic N) is 1. The fourth-order valence-electron chi connectivity index (χ4n) is 3.94. The van der Waals surface area contributed by atoms with Gasteiger partial charge in [0.05, 0.1) is 11.1 Å². The Balaban J connectivity index is 1.46. The van der Waals surface area contributed by atoms with E-state index in [1.54, 1.807) is 18.2 Å². The molecule has 32 heavy (non-hydrogen) atoms. The molecule has 166 valence electrons. The third-order valence-electron chi connectivity index (χ3n) is 5.52. The number of benzene rings is 2. The smallest absolute Gasteiger partial charge is 0.348 e. The monoisotopic (exact) mass is 445 g/mol. The minimum absolute atomic E-state index is 0.0368. The summed E-state index contributed by atoms with van der Waals surface area (Å²) in [4.78, 5) is 49.9. The van der Waals surface area contributed by atoms with Crippen molar-refractivity contribution < 1.29 is 32.3 Å². The highest BCUT2D eigenvalue weighted by molar-refractivity contribution is 6.05. The van der Waals surface area contributed by atoms with Gasteiger partial charge in [-0.05, 0) is 35.7 Å². The fraction of sp³-hybridized carbons (Fsp3) is 0.273. The van der Waals surface area contributed by atoms with Gasteiger partial charge in [-0.2, -0.15) is 13.2 Å². The van der Waals surface area contributed by atoms with Crippen LogP contribution < -0.4 is 10.6 Å². The molecule has 0 radical (unpaired) electrons. The van der Waals surface area contributed by atoms with Crippen molar-refractivity contribution in [3.8, 4) is 0 Å². The molecular weight excluding hydrogens is 427 g/mol. The van der Waals surface area contributed by atoms with Crippen LogP contribution in [0.25, 0.3) is 0 Å². The van der Waals surface area contributed by atoms with Gasteiger partial charge in [0.2, 0.25) is 11.8 Å². The highest BCUT2D eigenvalue weighted by atomic mass is 19.4. The van der Waals surface area contributed by atoms with E-state index >= 15 is 0 Å². The Kier molecular flexibility index (Phi) is 5.45. The number of rotatable bonds is 4. The number of carbonyl (C=O) groups is 4. The highest BCUT2D eigenvalue weighted by Crippen LogP contribution is 2.32. The lowest BCUT2D eigenvalue weighted by molar-refractivity contribution is -0.138. The van der Waals surface area contributed by atoms with Crippen LogP contribution in [0, 0.1) is 0 Å². The van der Waals surface area contributed by atoms with Gasteiger partial charge in [0.25, 0.3) is 11.8 Å². The predicted molar refractivity (Wildman–Crippen MR) is 105 cm³/mol. The first-order chi connectivity index (χ1) is 15.1. The number of hydrogen-bond donors (Lipinski definition) is 2. The van der Waals surface area contributed by atoms with Gasteiger partial charge in [-0.15, -0.1) is 0 Å². The topological polar surface area (TPSA) is 95.6 Å². The molecule has 4 rings (SSSR count). The molecule has 1 atom stereocenters. The Labute approximate surface area is 180 Å². The zero-order valence-corrected chi connectivity index (χ0v) is 16.7. The van der Waals surface area contributed by atoms with Crippen molar-refractivity contribution in [3.63, 3.8) is 0 Å². The number of carbonyl (C=O) groups excluding carboxylic acids is 4. The number of piperidine rings is 1. The van der Waals surface area contributed by atoms with Gasteiger partial charge < -0.3 is 10.2 Å². The van der Waals surface area contributed by atoms with Crippen molar-refractivity contribution in [2.75, 3.05) is 0 Å². The third kappa shape index (κ3) is 4.08. The molecule has 4 amide bonds. The zero-order valence-electron chi connectivity index (χ0n) is 16.7. The quantitative estimate of drug-likeness (QED) is 0.707. The number of nitrogens with one attached hydrogen (secondary N) is 2. The molecule has 2 N–H and O–H groups in total. The molecule has 2 aliphatic rings. The lowest BCUT2D eigenvalue weighted by Gasteiger charge is -2.29. The van der Waals surface area contributed by atoms with E-state index in [-0.39, 0.29) is 37.7 Å². The second-order valence-electron chi connectivity index (χ2n) is 7.62. The van der Waals surface area contributed by atoms with E-state index in [4.69, 9.17) is 0 Å². The van der Waals surface area contributed by atoms with Gasteiger partial charge in [-0.3, -0.25) is 24.5 Å². The van der Waals surface area contributed by atoms with E-state index in [2.05, 4.69) is 10.6 Å². The van der Waals surface area contributed by atoms with E-state index in [0.29, 0.717) is 16.7 Å². The van der Waals surface area contributed by atoms with E-state index < -0.39 is 35.2 Å². The van der Waals surface area contributed by atoms with Crippen LogP contribution in [0.2, 0.25) is 0 Å². The van der Waals surface area contributed by atoms with Crippen LogP contribution in [-0.4, -0.2) is 34.6 Å². The number of hydrogen-bond acceptors (Lipinski definition) is 4. The van der Waals surface area contributed by atoms with Gasteiger partial charge >= 0.3 is 6.18 Å². The van der Waals surface area contributed by atoms with Gasteiger partial charge in [-0.1, -0.05) is 24.3 Å². The fourth-order valence-corrected chi connectivity index (χ4v) is 3.94. The molecule has 0 bridgehead atoms. The molecule has 2 aliphatic heterocycles. The second-order valence-corrected chi connectivity index (χ2v) is 7.62. The number of alkyl halides is 3. The first-order valence-corrected chi connectivity index (χ1v) is 9.86. The number of imide groups is 1. The first-order valence-electron chi connectivity index (χ1n) is 9.86. The Morgan fingerprint density at radius 3 is 2.59 bits per heavy atom. The van der Waals surface area contributed by atoms with Crippen LogP contribution in [-0.2, 0) is 28.9 Å². The molecule has 0 spiro atoms. The van der Waals surface area contributed by atoms with Crippen molar-refractivity contribution in [2.24, 2.45) is 0 Å². The van der Waals surface area contributed by atoms with Crippen molar-refractivity contribution in [1.29, 1.82) is 0 Å². The minimum Gasteiger partial charge on any atom is -0.348 e. The summed E-state index contributed by atoms with van der Waals surface area (Å²) in [5, 5.41) is 4.71.